The third-order valence-electron chi connectivity index (χ3n) is 5.09. The number of hydrogen-bond donors (Lipinski definition) is 1. The molecular formula is C16H17NO3. The second kappa shape index (κ2) is 3.85. The molecule has 2 aliphatic heterocycles. The van der Waals surface area contributed by atoms with Crippen LogP contribution in [0.15, 0.2) is 24.3 Å². The van der Waals surface area contributed by atoms with Crippen LogP contribution >= 0.6 is 0 Å². The molecule has 1 saturated heterocycles. The second-order valence-corrected chi connectivity index (χ2v) is 5.96. The maximum Gasteiger partial charge on any atom is 0.160 e. The molecule has 1 aliphatic carbocycles. The predicted molar refractivity (Wildman–Crippen MR) is 73.9 cm³/mol. The summed E-state index contributed by atoms with van der Waals surface area (Å²) >= 11 is 0. The van der Waals surface area contributed by atoms with Crippen LogP contribution in [-0.4, -0.2) is 35.5 Å². The first kappa shape index (κ1) is 12.0. The van der Waals surface area contributed by atoms with Crippen molar-refractivity contribution in [3.8, 4) is 11.5 Å². The van der Waals surface area contributed by atoms with E-state index in [0.29, 0.717) is 12.2 Å². The highest BCUT2D eigenvalue weighted by Gasteiger charge is 2.53. The number of phenols is 1. The molecule has 1 aromatic rings. The lowest BCUT2D eigenvalue weighted by molar-refractivity contribution is -0.116. The number of rotatable bonds is 1. The van der Waals surface area contributed by atoms with Crippen LogP contribution < -0.4 is 4.74 Å². The molecule has 0 radical (unpaired) electrons. The summed E-state index contributed by atoms with van der Waals surface area (Å²) in [5, 5.41) is 9.98. The predicted octanol–water partition coefficient (Wildman–Crippen LogP) is 1.76. The van der Waals surface area contributed by atoms with Gasteiger partial charge in [-0.15, -0.1) is 0 Å². The quantitative estimate of drug-likeness (QED) is 0.845. The molecule has 3 aliphatic rings. The van der Waals surface area contributed by atoms with Gasteiger partial charge in [-0.3, -0.25) is 9.69 Å². The van der Waals surface area contributed by atoms with Crippen molar-refractivity contribution in [2.75, 3.05) is 13.7 Å². The van der Waals surface area contributed by atoms with Crippen LogP contribution in [0.5, 0.6) is 11.5 Å². The van der Waals surface area contributed by atoms with Crippen LogP contribution in [0, 0.1) is 0 Å². The Morgan fingerprint density at radius 3 is 3.10 bits per heavy atom. The minimum atomic E-state index is -0.0809. The maximum absolute atomic E-state index is 11.7. The van der Waals surface area contributed by atoms with Crippen LogP contribution in [0.25, 0.3) is 0 Å². The zero-order valence-electron chi connectivity index (χ0n) is 11.4. The van der Waals surface area contributed by atoms with E-state index < -0.39 is 0 Å². The minimum absolute atomic E-state index is 0.0809. The van der Waals surface area contributed by atoms with Gasteiger partial charge in [-0.1, -0.05) is 6.08 Å². The molecule has 0 amide bonds. The van der Waals surface area contributed by atoms with Crippen molar-refractivity contribution in [3.05, 3.63) is 35.4 Å². The van der Waals surface area contributed by atoms with E-state index >= 15 is 0 Å². The number of methoxy groups -OCH3 is 1. The molecule has 3 atom stereocenters. The molecule has 3 unspecified atom stereocenters. The second-order valence-electron chi connectivity index (χ2n) is 5.96. The Morgan fingerprint density at radius 1 is 1.45 bits per heavy atom. The van der Waals surface area contributed by atoms with E-state index in [1.165, 1.54) is 5.56 Å². The number of fused-ring (bicyclic) bond motifs is 1. The fraction of sp³-hybridized carbons (Fsp3) is 0.438. The zero-order chi connectivity index (χ0) is 13.9. The van der Waals surface area contributed by atoms with Crippen molar-refractivity contribution in [2.45, 2.75) is 30.8 Å². The molecule has 4 rings (SSSR count). The maximum atomic E-state index is 11.7. The first-order chi connectivity index (χ1) is 9.64. The molecular weight excluding hydrogens is 254 g/mol. The number of phenolic OH excluding ortho intramolecular Hbond substituents is 1. The smallest absolute Gasteiger partial charge is 0.160 e. The topological polar surface area (TPSA) is 49.8 Å². The Balaban J connectivity index is 1.95. The fourth-order valence-corrected chi connectivity index (χ4v) is 4.13. The summed E-state index contributed by atoms with van der Waals surface area (Å²) in [5.41, 5.74) is 2.29. The Morgan fingerprint density at radius 2 is 2.30 bits per heavy atom. The highest BCUT2D eigenvalue weighted by atomic mass is 16.5. The number of ketones is 1. The molecule has 1 fully saturated rings. The standard InChI is InChI=1S/C16H17NO3/c1-20-14-8-12-10(6-13(14)19)9-17-5-4-16(12)3-2-11(18)7-15(16)17/h2-3,6,8,15,19H,4-5,7,9H2,1H3. The fourth-order valence-electron chi connectivity index (χ4n) is 4.13. The molecule has 4 heteroatoms. The monoisotopic (exact) mass is 271 g/mol. The van der Waals surface area contributed by atoms with Gasteiger partial charge in [0.2, 0.25) is 0 Å². The summed E-state index contributed by atoms with van der Waals surface area (Å²) in [7, 11) is 1.57. The molecule has 0 aromatic heterocycles. The summed E-state index contributed by atoms with van der Waals surface area (Å²) in [6.07, 6.45) is 5.44. The molecule has 104 valence electrons. The molecule has 1 N–H and O–H groups in total. The Hall–Kier alpha value is -1.81. The zero-order valence-corrected chi connectivity index (χ0v) is 11.4. The number of allylic oxidation sites excluding steroid dienone is 1. The van der Waals surface area contributed by atoms with Crippen molar-refractivity contribution in [3.63, 3.8) is 0 Å². The first-order valence-electron chi connectivity index (χ1n) is 7.00. The SMILES string of the molecule is COc1cc2c(cc1O)CN1CCC23C=CC(=O)CC13. The number of nitrogens with zero attached hydrogens (tertiary/aromatic N) is 1. The Kier molecular flexibility index (Phi) is 2.31. The summed E-state index contributed by atoms with van der Waals surface area (Å²) in [6.45, 7) is 1.81. The third-order valence-corrected chi connectivity index (χ3v) is 5.09. The van der Waals surface area contributed by atoms with Crippen molar-refractivity contribution in [2.24, 2.45) is 0 Å². The number of carbonyl (C=O) groups is 1. The molecule has 2 bridgehead atoms. The van der Waals surface area contributed by atoms with Gasteiger partial charge in [0.15, 0.2) is 17.3 Å². The molecule has 2 heterocycles. The van der Waals surface area contributed by atoms with E-state index in [4.69, 9.17) is 4.74 Å². The summed E-state index contributed by atoms with van der Waals surface area (Å²) in [6, 6.07) is 4.04. The summed E-state index contributed by atoms with van der Waals surface area (Å²) in [5.74, 6) is 0.923. The number of hydrogen-bond acceptors (Lipinski definition) is 4. The highest BCUT2D eigenvalue weighted by Crippen LogP contribution is 2.52. The van der Waals surface area contributed by atoms with Crippen LogP contribution in [0.4, 0.5) is 0 Å². The molecule has 4 nitrogen and oxygen atoms in total. The van der Waals surface area contributed by atoms with Gasteiger partial charge >= 0.3 is 0 Å². The third kappa shape index (κ3) is 1.37. The van der Waals surface area contributed by atoms with Crippen molar-refractivity contribution in [1.29, 1.82) is 0 Å². The Bertz CT molecular complexity index is 637. The number of benzene rings is 1. The average Bonchev–Trinajstić information content (AvgIpc) is 2.71. The van der Waals surface area contributed by atoms with Crippen LogP contribution in [0.3, 0.4) is 0 Å². The summed E-state index contributed by atoms with van der Waals surface area (Å²) < 4.78 is 5.26. The normalized spacial score (nSPS) is 33.8. The molecule has 20 heavy (non-hydrogen) atoms. The van der Waals surface area contributed by atoms with E-state index in [1.807, 2.05) is 12.1 Å². The number of carbonyl (C=O) groups excluding carboxylic acids is 1. The van der Waals surface area contributed by atoms with Crippen LogP contribution in [-0.2, 0) is 16.8 Å². The van der Waals surface area contributed by atoms with Gasteiger partial charge in [-0.25, -0.2) is 0 Å². The first-order valence-corrected chi connectivity index (χ1v) is 7.00. The van der Waals surface area contributed by atoms with Gasteiger partial charge in [0.25, 0.3) is 0 Å². The van der Waals surface area contributed by atoms with Gasteiger partial charge in [-0.05, 0) is 35.8 Å². The largest absolute Gasteiger partial charge is 0.504 e. The van der Waals surface area contributed by atoms with Gasteiger partial charge in [0.1, 0.15) is 0 Å². The van der Waals surface area contributed by atoms with Crippen molar-refractivity contribution in [1.82, 2.24) is 4.90 Å². The van der Waals surface area contributed by atoms with E-state index in [-0.39, 0.29) is 23.0 Å². The van der Waals surface area contributed by atoms with Crippen molar-refractivity contribution < 1.29 is 14.6 Å². The molecule has 1 aromatic carbocycles. The van der Waals surface area contributed by atoms with Crippen LogP contribution in [0.1, 0.15) is 24.0 Å². The lowest BCUT2D eigenvalue weighted by atomic mass is 9.67. The van der Waals surface area contributed by atoms with Crippen molar-refractivity contribution >= 4 is 5.78 Å². The molecule has 0 saturated carbocycles. The van der Waals surface area contributed by atoms with Gasteiger partial charge < -0.3 is 9.84 Å². The average molecular weight is 271 g/mol. The minimum Gasteiger partial charge on any atom is -0.504 e. The van der Waals surface area contributed by atoms with Gasteiger partial charge in [0.05, 0.1) is 7.11 Å². The van der Waals surface area contributed by atoms with Gasteiger partial charge in [0, 0.05) is 31.0 Å². The summed E-state index contributed by atoms with van der Waals surface area (Å²) in [4.78, 5) is 14.1. The van der Waals surface area contributed by atoms with E-state index in [1.54, 1.807) is 13.2 Å². The van der Waals surface area contributed by atoms with Gasteiger partial charge in [-0.2, -0.15) is 0 Å². The number of ether oxygens (including phenoxy) is 1. The lowest BCUT2D eigenvalue weighted by Gasteiger charge is -2.43. The Labute approximate surface area is 117 Å². The number of aromatic hydroxyl groups is 1. The lowest BCUT2D eigenvalue weighted by Crippen LogP contribution is -2.48. The molecule has 0 spiro atoms. The van der Waals surface area contributed by atoms with Crippen LogP contribution in [0.2, 0.25) is 0 Å². The van der Waals surface area contributed by atoms with E-state index in [9.17, 15) is 9.90 Å². The van der Waals surface area contributed by atoms with E-state index in [2.05, 4.69) is 11.0 Å². The highest BCUT2D eigenvalue weighted by molar-refractivity contribution is 5.92. The van der Waals surface area contributed by atoms with E-state index in [0.717, 1.165) is 25.1 Å².